The molecule has 0 aliphatic heterocycles. The summed E-state index contributed by atoms with van der Waals surface area (Å²) in [7, 11) is 0. The molecule has 100 valence electrons. The van der Waals surface area contributed by atoms with Crippen LogP contribution in [0.25, 0.3) is 0 Å². The van der Waals surface area contributed by atoms with Crippen LogP contribution >= 0.6 is 15.9 Å². The Labute approximate surface area is 122 Å². The fraction of sp³-hybridized carbons (Fsp3) is 0.467. The number of nitrogens with one attached hydrogen (secondary N) is 1. The van der Waals surface area contributed by atoms with Crippen molar-refractivity contribution in [2.45, 2.75) is 27.7 Å². The number of benzene rings is 1. The van der Waals surface area contributed by atoms with E-state index in [9.17, 15) is 4.79 Å². The molecule has 0 unspecified atom stereocenters. The van der Waals surface area contributed by atoms with Crippen molar-refractivity contribution >= 4 is 27.5 Å². The van der Waals surface area contributed by atoms with Crippen LogP contribution < -0.4 is 5.32 Å². The summed E-state index contributed by atoms with van der Waals surface area (Å²) < 4.78 is 0.844. The van der Waals surface area contributed by atoms with Crippen molar-refractivity contribution in [1.82, 2.24) is 0 Å². The molecule has 0 radical (unpaired) electrons. The van der Waals surface area contributed by atoms with Crippen LogP contribution in [0.4, 0.5) is 5.69 Å². The Morgan fingerprint density at radius 2 is 1.89 bits per heavy atom. The van der Waals surface area contributed by atoms with Gasteiger partial charge in [-0.2, -0.15) is 5.26 Å². The molecule has 1 amide bonds. The first-order valence-electron chi connectivity index (χ1n) is 6.22. The zero-order valence-electron chi connectivity index (χ0n) is 11.5. The van der Waals surface area contributed by atoms with Crippen LogP contribution in [-0.2, 0) is 4.79 Å². The van der Waals surface area contributed by atoms with Gasteiger partial charge in [0.1, 0.15) is 6.07 Å². The molecule has 2 rings (SSSR count). The molecule has 4 heteroatoms. The van der Waals surface area contributed by atoms with Gasteiger partial charge in [-0.1, -0.05) is 43.6 Å². The summed E-state index contributed by atoms with van der Waals surface area (Å²) in [6, 6.07) is 7.34. The lowest BCUT2D eigenvalue weighted by molar-refractivity contribution is -0.118. The molecule has 1 aliphatic rings. The molecule has 1 aliphatic carbocycles. The topological polar surface area (TPSA) is 52.9 Å². The van der Waals surface area contributed by atoms with Crippen LogP contribution in [0, 0.1) is 28.1 Å². The lowest BCUT2D eigenvalue weighted by Crippen LogP contribution is -2.18. The van der Waals surface area contributed by atoms with Gasteiger partial charge in [0.25, 0.3) is 0 Å². The van der Waals surface area contributed by atoms with Crippen LogP contribution in [-0.4, -0.2) is 5.91 Å². The van der Waals surface area contributed by atoms with Crippen molar-refractivity contribution in [3.05, 3.63) is 28.2 Å². The van der Waals surface area contributed by atoms with E-state index < -0.39 is 0 Å². The van der Waals surface area contributed by atoms with E-state index in [1.165, 1.54) is 0 Å². The van der Waals surface area contributed by atoms with Crippen LogP contribution in [0.15, 0.2) is 22.7 Å². The zero-order chi connectivity index (χ0) is 14.4. The molecule has 0 spiro atoms. The predicted octanol–water partition coefficient (Wildman–Crippen LogP) is 3.94. The second-order valence-corrected chi connectivity index (χ2v) is 7.08. The zero-order valence-corrected chi connectivity index (χ0v) is 13.1. The number of halogens is 1. The fourth-order valence-corrected chi connectivity index (χ4v) is 3.14. The second kappa shape index (κ2) is 4.35. The normalized spacial score (nSPS) is 19.6. The quantitative estimate of drug-likeness (QED) is 0.897. The third-order valence-electron chi connectivity index (χ3n) is 4.64. The lowest BCUT2D eigenvalue weighted by atomic mass is 10.0. The second-order valence-electron chi connectivity index (χ2n) is 6.17. The number of hydrogen-bond acceptors (Lipinski definition) is 2. The Morgan fingerprint density at radius 3 is 2.37 bits per heavy atom. The number of anilines is 1. The number of carbonyl (C=O) groups excluding carboxylic acids is 1. The van der Waals surface area contributed by atoms with E-state index in [0.717, 1.165) is 4.47 Å². The summed E-state index contributed by atoms with van der Waals surface area (Å²) in [6.07, 6.45) is 0. The predicted molar refractivity (Wildman–Crippen MR) is 78.5 cm³/mol. The molecule has 19 heavy (non-hydrogen) atoms. The Hall–Kier alpha value is -1.34. The van der Waals surface area contributed by atoms with E-state index >= 15 is 0 Å². The van der Waals surface area contributed by atoms with Gasteiger partial charge in [0.15, 0.2) is 0 Å². The Bertz CT molecular complexity index is 570. The van der Waals surface area contributed by atoms with Crippen molar-refractivity contribution in [2.24, 2.45) is 16.7 Å². The van der Waals surface area contributed by atoms with E-state index in [0.29, 0.717) is 11.3 Å². The Morgan fingerprint density at radius 1 is 1.32 bits per heavy atom. The highest BCUT2D eigenvalue weighted by molar-refractivity contribution is 9.10. The maximum atomic E-state index is 12.3. The molecule has 1 fully saturated rings. The molecule has 1 aromatic rings. The summed E-state index contributed by atoms with van der Waals surface area (Å²) in [6.45, 7) is 8.40. The summed E-state index contributed by atoms with van der Waals surface area (Å²) in [4.78, 5) is 12.3. The maximum Gasteiger partial charge on any atom is 0.228 e. The van der Waals surface area contributed by atoms with E-state index in [1.807, 2.05) is 0 Å². The van der Waals surface area contributed by atoms with Gasteiger partial charge in [-0.05, 0) is 29.0 Å². The van der Waals surface area contributed by atoms with Gasteiger partial charge >= 0.3 is 0 Å². The van der Waals surface area contributed by atoms with Crippen LogP contribution in [0.2, 0.25) is 0 Å². The number of amides is 1. The Balaban J connectivity index is 2.22. The SMILES string of the molecule is CC1(C)C(C(=O)Nc2cc(Br)ccc2C#N)C1(C)C. The molecule has 0 bridgehead atoms. The van der Waals surface area contributed by atoms with Crippen molar-refractivity contribution in [2.75, 3.05) is 5.32 Å². The lowest BCUT2D eigenvalue weighted by Gasteiger charge is -2.08. The van der Waals surface area contributed by atoms with Gasteiger partial charge < -0.3 is 5.32 Å². The van der Waals surface area contributed by atoms with Crippen LogP contribution in [0.1, 0.15) is 33.3 Å². The highest BCUT2D eigenvalue weighted by Crippen LogP contribution is 2.68. The van der Waals surface area contributed by atoms with Crippen molar-refractivity contribution in [1.29, 1.82) is 5.26 Å². The fourth-order valence-electron chi connectivity index (χ4n) is 2.77. The average molecular weight is 321 g/mol. The first-order chi connectivity index (χ1) is 8.71. The van der Waals surface area contributed by atoms with Gasteiger partial charge in [0, 0.05) is 10.4 Å². The molecule has 1 N–H and O–H groups in total. The minimum atomic E-state index is -0.0227. The molecule has 0 aromatic heterocycles. The highest BCUT2D eigenvalue weighted by atomic mass is 79.9. The van der Waals surface area contributed by atoms with E-state index in [4.69, 9.17) is 5.26 Å². The van der Waals surface area contributed by atoms with Crippen molar-refractivity contribution in [3.8, 4) is 6.07 Å². The van der Waals surface area contributed by atoms with Crippen molar-refractivity contribution in [3.63, 3.8) is 0 Å². The molecule has 1 saturated carbocycles. The average Bonchev–Trinajstić information content (AvgIpc) is 2.69. The van der Waals surface area contributed by atoms with Gasteiger partial charge in [-0.3, -0.25) is 4.79 Å². The van der Waals surface area contributed by atoms with E-state index in [1.54, 1.807) is 18.2 Å². The molecular weight excluding hydrogens is 304 g/mol. The minimum absolute atomic E-state index is 0.00407. The van der Waals surface area contributed by atoms with E-state index in [2.05, 4.69) is 55.0 Å². The molecule has 3 nitrogen and oxygen atoms in total. The van der Waals surface area contributed by atoms with E-state index in [-0.39, 0.29) is 22.7 Å². The van der Waals surface area contributed by atoms with Gasteiger partial charge in [-0.25, -0.2) is 0 Å². The molecule has 1 aromatic carbocycles. The summed E-state index contributed by atoms with van der Waals surface area (Å²) in [5.74, 6) is -0.0323. The summed E-state index contributed by atoms with van der Waals surface area (Å²) in [5.41, 5.74) is 1.04. The molecular formula is C15H17BrN2O. The van der Waals surface area contributed by atoms with Gasteiger partial charge in [-0.15, -0.1) is 0 Å². The minimum Gasteiger partial charge on any atom is -0.325 e. The molecule has 0 saturated heterocycles. The third-order valence-corrected chi connectivity index (χ3v) is 5.14. The monoisotopic (exact) mass is 320 g/mol. The van der Waals surface area contributed by atoms with Crippen LogP contribution in [0.3, 0.4) is 0 Å². The first-order valence-corrected chi connectivity index (χ1v) is 7.01. The number of nitrogens with zero attached hydrogens (tertiary/aromatic N) is 1. The smallest absolute Gasteiger partial charge is 0.228 e. The Kier molecular flexibility index (Phi) is 3.22. The first kappa shape index (κ1) is 14.1. The number of nitriles is 1. The summed E-state index contributed by atoms with van der Waals surface area (Å²) in [5, 5.41) is 11.9. The third kappa shape index (κ3) is 2.17. The molecule has 0 atom stereocenters. The standard InChI is InChI=1S/C15H17BrN2O/c1-14(2)12(15(14,3)4)13(19)18-11-7-10(16)6-5-9(11)8-17/h5-7,12H,1-4H3,(H,18,19). The summed E-state index contributed by atoms with van der Waals surface area (Å²) >= 11 is 3.35. The van der Waals surface area contributed by atoms with Gasteiger partial charge in [0.05, 0.1) is 11.3 Å². The number of rotatable bonds is 2. The number of hydrogen-bond donors (Lipinski definition) is 1. The highest BCUT2D eigenvalue weighted by Gasteiger charge is 2.68. The van der Waals surface area contributed by atoms with Gasteiger partial charge in [0.2, 0.25) is 5.91 Å². The molecule has 0 heterocycles. The number of carbonyl (C=O) groups is 1. The largest absolute Gasteiger partial charge is 0.325 e. The van der Waals surface area contributed by atoms with Crippen molar-refractivity contribution < 1.29 is 4.79 Å². The maximum absolute atomic E-state index is 12.3. The van der Waals surface area contributed by atoms with Crippen LogP contribution in [0.5, 0.6) is 0 Å².